The first-order valence-corrected chi connectivity index (χ1v) is 9.35. The van der Waals surface area contributed by atoms with Crippen LogP contribution in [0, 0.1) is 6.92 Å². The molecule has 1 aromatic carbocycles. The zero-order valence-electron chi connectivity index (χ0n) is 14.5. The Morgan fingerprint density at radius 2 is 2.08 bits per heavy atom. The molecule has 0 N–H and O–H groups in total. The molecule has 0 atom stereocenters. The Hall–Kier alpha value is -2.31. The highest BCUT2D eigenvalue weighted by Crippen LogP contribution is 2.24. The fourth-order valence-electron chi connectivity index (χ4n) is 2.63. The number of halogens is 1. The average Bonchev–Trinajstić information content (AvgIpc) is 3.02. The van der Waals surface area contributed by atoms with Crippen LogP contribution in [-0.4, -0.2) is 24.0 Å². The van der Waals surface area contributed by atoms with Crippen molar-refractivity contribution in [1.82, 2.24) is 4.90 Å². The van der Waals surface area contributed by atoms with Gasteiger partial charge < -0.3 is 14.1 Å². The summed E-state index contributed by atoms with van der Waals surface area (Å²) in [4.78, 5) is 26.7. The van der Waals surface area contributed by atoms with E-state index in [9.17, 15) is 9.59 Å². The van der Waals surface area contributed by atoms with Gasteiger partial charge in [0.25, 0.3) is 5.91 Å². The summed E-state index contributed by atoms with van der Waals surface area (Å²) < 4.78 is 11.5. The summed E-state index contributed by atoms with van der Waals surface area (Å²) in [6, 6.07) is 10.4. The molecule has 0 radical (unpaired) electrons. The van der Waals surface area contributed by atoms with Crippen molar-refractivity contribution in [2.75, 3.05) is 13.2 Å². The topological polar surface area (TPSA) is 59.8 Å². The second kappa shape index (κ2) is 7.93. The van der Waals surface area contributed by atoms with Gasteiger partial charge in [0.1, 0.15) is 11.3 Å². The second-order valence-corrected chi connectivity index (χ2v) is 7.61. The Bertz CT molecular complexity index is 995. The first-order valence-electron chi connectivity index (χ1n) is 8.15. The Morgan fingerprint density at radius 1 is 1.27 bits per heavy atom. The van der Waals surface area contributed by atoms with Crippen molar-refractivity contribution in [3.05, 3.63) is 61.6 Å². The highest BCUT2D eigenvalue weighted by Gasteiger charge is 2.14. The monoisotopic (exact) mass is 391 g/mol. The molecule has 26 heavy (non-hydrogen) atoms. The maximum atomic E-state index is 12.4. The highest BCUT2D eigenvalue weighted by molar-refractivity contribution is 7.16. The van der Waals surface area contributed by atoms with Gasteiger partial charge in [-0.15, -0.1) is 11.3 Å². The van der Waals surface area contributed by atoms with Gasteiger partial charge in [-0.2, -0.15) is 0 Å². The Labute approximate surface area is 159 Å². The predicted molar refractivity (Wildman–Crippen MR) is 103 cm³/mol. The van der Waals surface area contributed by atoms with Gasteiger partial charge >= 0.3 is 5.63 Å². The molecule has 3 aromatic rings. The molecule has 5 nitrogen and oxygen atoms in total. The number of aryl methyl sites for hydroxylation is 1. The van der Waals surface area contributed by atoms with Crippen LogP contribution in [0.4, 0.5) is 0 Å². The zero-order valence-corrected chi connectivity index (χ0v) is 16.0. The fourth-order valence-corrected chi connectivity index (χ4v) is 3.74. The summed E-state index contributed by atoms with van der Waals surface area (Å²) in [5.74, 6) is 0.359. The van der Waals surface area contributed by atoms with Crippen molar-refractivity contribution in [3.8, 4) is 5.75 Å². The molecule has 2 heterocycles. The summed E-state index contributed by atoms with van der Waals surface area (Å²) in [6.07, 6.45) is 0. The lowest BCUT2D eigenvalue weighted by atomic mass is 10.1. The van der Waals surface area contributed by atoms with Crippen LogP contribution in [0.25, 0.3) is 11.0 Å². The minimum absolute atomic E-state index is 0.0888. The van der Waals surface area contributed by atoms with Crippen LogP contribution >= 0.6 is 22.9 Å². The maximum absolute atomic E-state index is 12.4. The molecule has 3 rings (SSSR count). The van der Waals surface area contributed by atoms with E-state index in [1.165, 1.54) is 17.4 Å². The highest BCUT2D eigenvalue weighted by atomic mass is 35.5. The molecule has 0 fully saturated rings. The van der Waals surface area contributed by atoms with Crippen molar-refractivity contribution < 1.29 is 13.9 Å². The number of ether oxygens (including phenoxy) is 1. The first-order chi connectivity index (χ1) is 12.5. The zero-order chi connectivity index (χ0) is 18.7. The van der Waals surface area contributed by atoms with E-state index in [4.69, 9.17) is 20.8 Å². The minimum Gasteiger partial charge on any atom is -0.484 e. The van der Waals surface area contributed by atoms with Crippen LogP contribution in [0.15, 0.2) is 45.6 Å². The van der Waals surface area contributed by atoms with Crippen LogP contribution in [0.5, 0.6) is 5.75 Å². The SMILES string of the molecule is CCN(Cc1ccc(Cl)s1)C(=O)COc1ccc2c(C)cc(=O)oc2c1. The summed E-state index contributed by atoms with van der Waals surface area (Å²) in [5, 5.41) is 0.841. The number of nitrogens with zero attached hydrogens (tertiary/aromatic N) is 1. The largest absolute Gasteiger partial charge is 0.484 e. The van der Waals surface area contributed by atoms with Crippen molar-refractivity contribution >= 4 is 39.8 Å². The van der Waals surface area contributed by atoms with Crippen LogP contribution in [-0.2, 0) is 11.3 Å². The van der Waals surface area contributed by atoms with Crippen molar-refractivity contribution in [2.45, 2.75) is 20.4 Å². The van der Waals surface area contributed by atoms with Crippen molar-refractivity contribution in [2.24, 2.45) is 0 Å². The number of amides is 1. The number of hydrogen-bond acceptors (Lipinski definition) is 5. The molecule has 136 valence electrons. The maximum Gasteiger partial charge on any atom is 0.336 e. The molecule has 0 saturated heterocycles. The van der Waals surface area contributed by atoms with Crippen LogP contribution in [0.2, 0.25) is 4.34 Å². The van der Waals surface area contributed by atoms with Crippen molar-refractivity contribution in [3.63, 3.8) is 0 Å². The number of benzene rings is 1. The molecule has 0 aliphatic carbocycles. The van der Waals surface area contributed by atoms with Crippen LogP contribution < -0.4 is 10.4 Å². The summed E-state index contributed by atoms with van der Waals surface area (Å²) in [6.45, 7) is 4.75. The van der Waals surface area contributed by atoms with E-state index in [1.807, 2.05) is 32.0 Å². The fraction of sp³-hybridized carbons (Fsp3) is 0.263. The van der Waals surface area contributed by atoms with Gasteiger partial charge in [0, 0.05) is 28.9 Å². The van der Waals surface area contributed by atoms with E-state index in [1.54, 1.807) is 17.0 Å². The average molecular weight is 392 g/mol. The summed E-state index contributed by atoms with van der Waals surface area (Å²) in [7, 11) is 0. The minimum atomic E-state index is -0.407. The third-order valence-corrected chi connectivity index (χ3v) is 5.21. The van der Waals surface area contributed by atoms with Crippen LogP contribution in [0.1, 0.15) is 17.4 Å². The van der Waals surface area contributed by atoms with Crippen molar-refractivity contribution in [1.29, 1.82) is 0 Å². The number of fused-ring (bicyclic) bond motifs is 1. The van der Waals surface area contributed by atoms with Gasteiger partial charge in [-0.3, -0.25) is 4.79 Å². The molecular formula is C19H18ClNO4S. The lowest BCUT2D eigenvalue weighted by Crippen LogP contribution is -2.34. The summed E-state index contributed by atoms with van der Waals surface area (Å²) in [5.41, 5.74) is 0.876. The van der Waals surface area contributed by atoms with Gasteiger partial charge in [-0.05, 0) is 43.7 Å². The Balaban J connectivity index is 1.68. The molecule has 7 heteroatoms. The number of rotatable bonds is 6. The first kappa shape index (κ1) is 18.5. The number of carbonyl (C=O) groups is 1. The molecular weight excluding hydrogens is 374 g/mol. The van der Waals surface area contributed by atoms with Crippen LogP contribution in [0.3, 0.4) is 0 Å². The lowest BCUT2D eigenvalue weighted by molar-refractivity contribution is -0.133. The Morgan fingerprint density at radius 3 is 2.77 bits per heavy atom. The molecule has 1 amide bonds. The third kappa shape index (κ3) is 4.26. The predicted octanol–water partition coefficient (Wildman–Crippen LogP) is 4.24. The van der Waals surface area contributed by atoms with E-state index in [-0.39, 0.29) is 12.5 Å². The number of hydrogen-bond donors (Lipinski definition) is 0. The molecule has 0 bridgehead atoms. The molecule has 0 unspecified atom stereocenters. The number of carbonyl (C=O) groups excluding carboxylic acids is 1. The molecule has 0 aliphatic heterocycles. The smallest absolute Gasteiger partial charge is 0.336 e. The summed E-state index contributed by atoms with van der Waals surface area (Å²) >= 11 is 7.39. The standard InChI is InChI=1S/C19H18ClNO4S/c1-3-21(10-14-5-7-17(20)26-14)18(22)11-24-13-4-6-15-12(2)8-19(23)25-16(15)9-13/h4-9H,3,10-11H2,1-2H3. The van der Waals surface area contributed by atoms with Gasteiger partial charge in [0.15, 0.2) is 6.61 Å². The van der Waals surface area contributed by atoms with Gasteiger partial charge in [0.2, 0.25) is 0 Å². The molecule has 0 saturated carbocycles. The molecule has 0 aliphatic rings. The van der Waals surface area contributed by atoms with E-state index < -0.39 is 5.63 Å². The van der Waals surface area contributed by atoms with E-state index in [2.05, 4.69) is 0 Å². The van der Waals surface area contributed by atoms with E-state index in [0.717, 1.165) is 15.8 Å². The van der Waals surface area contributed by atoms with E-state index in [0.29, 0.717) is 28.8 Å². The second-order valence-electron chi connectivity index (χ2n) is 5.81. The van der Waals surface area contributed by atoms with Gasteiger partial charge in [-0.25, -0.2) is 4.79 Å². The third-order valence-electron chi connectivity index (χ3n) is 4.00. The number of likely N-dealkylation sites (N-methyl/N-ethyl adjacent to an activating group) is 1. The molecule has 2 aromatic heterocycles. The quantitative estimate of drug-likeness (QED) is 0.589. The van der Waals surface area contributed by atoms with E-state index >= 15 is 0 Å². The number of thiophene rings is 1. The molecule has 0 spiro atoms. The lowest BCUT2D eigenvalue weighted by Gasteiger charge is -2.20. The Kier molecular flexibility index (Phi) is 5.64. The van der Waals surface area contributed by atoms with Gasteiger partial charge in [-0.1, -0.05) is 11.6 Å². The van der Waals surface area contributed by atoms with Gasteiger partial charge in [0.05, 0.1) is 10.9 Å². The normalized spacial score (nSPS) is 10.9.